The summed E-state index contributed by atoms with van der Waals surface area (Å²) in [5.74, 6) is -1.05. The lowest BCUT2D eigenvalue weighted by Gasteiger charge is -2.29. The number of anilines is 3. The monoisotopic (exact) mass is 597 g/mol. The summed E-state index contributed by atoms with van der Waals surface area (Å²) in [7, 11) is 0. The molecule has 0 saturated carbocycles. The first-order valence-corrected chi connectivity index (χ1v) is 14.3. The molecule has 2 aromatic carbocycles. The molecule has 5 amide bonds. The Bertz CT molecular complexity index is 1260. The van der Waals surface area contributed by atoms with Crippen LogP contribution in [-0.4, -0.2) is 94.1 Å². The van der Waals surface area contributed by atoms with Gasteiger partial charge in [0.2, 0.25) is 11.8 Å². The zero-order chi connectivity index (χ0) is 30.4. The minimum atomic E-state index is -0.699. The molecule has 43 heavy (non-hydrogen) atoms. The standard InChI is InChI=1S/C29H39N7O7/c30-19-43-15-14-42-13-12-41-11-10-32-24-17-22-20(18-36(28(22)39)25-6-7-26(37)35-27(25)38)16-23(24)31-8-9-33-29(40)34-21-4-2-1-3-5-21/h1-5,16-17,25,31-32H,6-15,18-19,30H2,(H2,33,34,40)(H,35,37,38). The number of hydrogen-bond donors (Lipinski definition) is 6. The van der Waals surface area contributed by atoms with Gasteiger partial charge in [-0.3, -0.25) is 19.7 Å². The number of benzene rings is 2. The lowest BCUT2D eigenvalue weighted by molar-refractivity contribution is -0.136. The molecule has 1 unspecified atom stereocenters. The molecule has 1 fully saturated rings. The number of hydrogen-bond acceptors (Lipinski definition) is 10. The summed E-state index contributed by atoms with van der Waals surface area (Å²) in [4.78, 5) is 51.1. The Balaban J connectivity index is 1.33. The second-order valence-electron chi connectivity index (χ2n) is 9.86. The van der Waals surface area contributed by atoms with Crippen LogP contribution in [-0.2, 0) is 30.3 Å². The number of rotatable bonds is 17. The Kier molecular flexibility index (Phi) is 12.1. The summed E-state index contributed by atoms with van der Waals surface area (Å²) in [5.41, 5.74) is 8.64. The van der Waals surface area contributed by atoms with Crippen molar-refractivity contribution in [3.8, 4) is 0 Å². The number of piperidine rings is 1. The highest BCUT2D eigenvalue weighted by atomic mass is 16.5. The molecular formula is C29H39N7O7. The van der Waals surface area contributed by atoms with Gasteiger partial charge in [-0.25, -0.2) is 4.79 Å². The van der Waals surface area contributed by atoms with E-state index in [1.165, 1.54) is 4.90 Å². The number of carbonyl (C=O) groups is 4. The molecule has 4 rings (SSSR count). The highest BCUT2D eigenvalue weighted by Gasteiger charge is 2.39. The van der Waals surface area contributed by atoms with Crippen LogP contribution < -0.4 is 32.3 Å². The Morgan fingerprint density at radius 3 is 2.35 bits per heavy atom. The first kappa shape index (κ1) is 31.7. The number of nitrogens with two attached hydrogens (primary N) is 1. The Labute approximate surface area is 250 Å². The number of imide groups is 1. The summed E-state index contributed by atoms with van der Waals surface area (Å²) in [6.45, 7) is 3.75. The summed E-state index contributed by atoms with van der Waals surface area (Å²) in [6, 6.07) is 11.8. The lowest BCUT2D eigenvalue weighted by Crippen LogP contribution is -2.52. The van der Waals surface area contributed by atoms with E-state index >= 15 is 0 Å². The summed E-state index contributed by atoms with van der Waals surface area (Å²) < 4.78 is 16.0. The van der Waals surface area contributed by atoms with Crippen molar-refractivity contribution in [3.63, 3.8) is 0 Å². The quantitative estimate of drug-likeness (QED) is 0.0875. The molecule has 0 aromatic heterocycles. The average molecular weight is 598 g/mol. The largest absolute Gasteiger partial charge is 0.382 e. The minimum Gasteiger partial charge on any atom is -0.382 e. The van der Waals surface area contributed by atoms with E-state index in [4.69, 9.17) is 19.9 Å². The van der Waals surface area contributed by atoms with Gasteiger partial charge >= 0.3 is 6.03 Å². The van der Waals surface area contributed by atoms with Gasteiger partial charge in [-0.2, -0.15) is 0 Å². The zero-order valence-corrected chi connectivity index (χ0v) is 24.0. The van der Waals surface area contributed by atoms with E-state index in [0.29, 0.717) is 76.0 Å². The smallest absolute Gasteiger partial charge is 0.319 e. The van der Waals surface area contributed by atoms with Crippen molar-refractivity contribution < 1.29 is 33.4 Å². The fourth-order valence-electron chi connectivity index (χ4n) is 4.76. The molecule has 0 radical (unpaired) electrons. The average Bonchev–Trinajstić information content (AvgIpc) is 3.31. The third-order valence-electron chi connectivity index (χ3n) is 6.84. The van der Waals surface area contributed by atoms with Crippen molar-refractivity contribution in [1.29, 1.82) is 0 Å². The van der Waals surface area contributed by atoms with Crippen LogP contribution in [0.15, 0.2) is 42.5 Å². The van der Waals surface area contributed by atoms with Crippen molar-refractivity contribution >= 4 is 40.8 Å². The van der Waals surface area contributed by atoms with E-state index in [1.807, 2.05) is 24.3 Å². The van der Waals surface area contributed by atoms with Gasteiger partial charge < -0.3 is 46.1 Å². The van der Waals surface area contributed by atoms with Crippen LogP contribution in [0.3, 0.4) is 0 Å². The van der Waals surface area contributed by atoms with Crippen LogP contribution in [0.1, 0.15) is 28.8 Å². The van der Waals surface area contributed by atoms with Crippen molar-refractivity contribution in [2.75, 3.05) is 75.3 Å². The number of urea groups is 1. The number of carbonyl (C=O) groups excluding carboxylic acids is 4. The minimum absolute atomic E-state index is 0.158. The highest BCUT2D eigenvalue weighted by molar-refractivity contribution is 6.06. The molecule has 7 N–H and O–H groups in total. The van der Waals surface area contributed by atoms with Crippen molar-refractivity contribution in [2.45, 2.75) is 25.4 Å². The summed E-state index contributed by atoms with van der Waals surface area (Å²) >= 11 is 0. The molecule has 2 aliphatic heterocycles. The van der Waals surface area contributed by atoms with Crippen LogP contribution in [0, 0.1) is 0 Å². The molecule has 0 bridgehead atoms. The molecule has 2 aliphatic rings. The molecule has 1 atom stereocenters. The van der Waals surface area contributed by atoms with Gasteiger partial charge in [0, 0.05) is 43.9 Å². The van der Waals surface area contributed by atoms with Gasteiger partial charge in [0.05, 0.1) is 51.1 Å². The van der Waals surface area contributed by atoms with Gasteiger partial charge in [0.1, 0.15) is 6.04 Å². The van der Waals surface area contributed by atoms with Crippen LogP contribution in [0.4, 0.5) is 21.9 Å². The van der Waals surface area contributed by atoms with Crippen molar-refractivity contribution in [3.05, 3.63) is 53.6 Å². The van der Waals surface area contributed by atoms with Crippen LogP contribution in [0.5, 0.6) is 0 Å². The molecule has 0 spiro atoms. The molecule has 14 nitrogen and oxygen atoms in total. The van der Waals surface area contributed by atoms with Gasteiger partial charge in [-0.05, 0) is 36.2 Å². The summed E-state index contributed by atoms with van der Waals surface area (Å²) in [5, 5.41) is 14.6. The van der Waals surface area contributed by atoms with E-state index in [-0.39, 0.29) is 37.5 Å². The number of para-hydroxylation sites is 1. The molecular weight excluding hydrogens is 558 g/mol. The van der Waals surface area contributed by atoms with Gasteiger partial charge in [0.15, 0.2) is 0 Å². The van der Waals surface area contributed by atoms with E-state index in [9.17, 15) is 19.2 Å². The van der Waals surface area contributed by atoms with E-state index in [1.54, 1.807) is 18.2 Å². The number of fused-ring (bicyclic) bond motifs is 1. The number of nitrogens with one attached hydrogen (secondary N) is 5. The van der Waals surface area contributed by atoms with Gasteiger partial charge in [-0.15, -0.1) is 0 Å². The SMILES string of the molecule is NCOCCOCCOCCNc1cc2c(cc1NCCNC(=O)Nc1ccccc1)CN(C1CCC(=O)NC1=O)C2=O. The van der Waals surface area contributed by atoms with E-state index in [2.05, 4.69) is 26.6 Å². The highest BCUT2D eigenvalue weighted by Crippen LogP contribution is 2.34. The maximum absolute atomic E-state index is 13.3. The van der Waals surface area contributed by atoms with Crippen LogP contribution in [0.25, 0.3) is 0 Å². The van der Waals surface area contributed by atoms with Gasteiger partial charge in [-0.1, -0.05) is 18.2 Å². The molecule has 2 aromatic rings. The molecule has 0 aliphatic carbocycles. The Morgan fingerprint density at radius 1 is 0.907 bits per heavy atom. The molecule has 1 saturated heterocycles. The predicted octanol–water partition coefficient (Wildman–Crippen LogP) is 1.06. The zero-order valence-electron chi connectivity index (χ0n) is 24.0. The molecule has 232 valence electrons. The first-order chi connectivity index (χ1) is 21.0. The molecule has 14 heteroatoms. The second kappa shape index (κ2) is 16.4. The van der Waals surface area contributed by atoms with Crippen LogP contribution in [0.2, 0.25) is 0 Å². The van der Waals surface area contributed by atoms with Gasteiger partial charge in [0.25, 0.3) is 5.91 Å². The van der Waals surface area contributed by atoms with E-state index < -0.39 is 11.9 Å². The Hall–Kier alpha value is -4.24. The van der Waals surface area contributed by atoms with Crippen molar-refractivity contribution in [2.24, 2.45) is 5.73 Å². The molecule has 2 heterocycles. The Morgan fingerprint density at radius 2 is 1.60 bits per heavy atom. The third kappa shape index (κ3) is 9.38. The number of nitrogens with zero attached hydrogens (tertiary/aromatic N) is 1. The van der Waals surface area contributed by atoms with Crippen molar-refractivity contribution in [1.82, 2.24) is 15.5 Å². The number of amides is 5. The lowest BCUT2D eigenvalue weighted by atomic mass is 10.0. The normalized spacial score (nSPS) is 16.1. The second-order valence-corrected chi connectivity index (χ2v) is 9.86. The topological polar surface area (TPSA) is 185 Å². The first-order valence-electron chi connectivity index (χ1n) is 14.3. The number of ether oxygens (including phenoxy) is 3. The van der Waals surface area contributed by atoms with Crippen LogP contribution >= 0.6 is 0 Å². The summed E-state index contributed by atoms with van der Waals surface area (Å²) in [6.07, 6.45) is 0.478. The predicted molar refractivity (Wildman–Crippen MR) is 160 cm³/mol. The third-order valence-corrected chi connectivity index (χ3v) is 6.84. The van der Waals surface area contributed by atoms with E-state index in [0.717, 1.165) is 11.3 Å². The maximum atomic E-state index is 13.3. The maximum Gasteiger partial charge on any atom is 0.319 e. The fourth-order valence-corrected chi connectivity index (χ4v) is 4.76. The fraction of sp³-hybridized carbons (Fsp3) is 0.448.